The minimum Gasteiger partial charge on any atom is -0.466 e. The first-order valence-electron chi connectivity index (χ1n) is 3.76. The van der Waals surface area contributed by atoms with Gasteiger partial charge in [-0.1, -0.05) is 5.18 Å². The summed E-state index contributed by atoms with van der Waals surface area (Å²) in [6.45, 7) is 2.48. The second-order valence-corrected chi connectivity index (χ2v) is 2.11. The Morgan fingerprint density at radius 2 is 2.18 bits per heavy atom. The largest absolute Gasteiger partial charge is 0.466 e. The van der Waals surface area contributed by atoms with E-state index < -0.39 is 0 Å². The van der Waals surface area contributed by atoms with E-state index in [2.05, 4.69) is 9.91 Å². The molecule has 0 atom stereocenters. The summed E-state index contributed by atoms with van der Waals surface area (Å²) in [5, 5.41) is 2.68. The van der Waals surface area contributed by atoms with Crippen molar-refractivity contribution in [3.63, 3.8) is 0 Å². The molecule has 0 saturated carbocycles. The third-order valence-electron chi connectivity index (χ3n) is 1.19. The summed E-state index contributed by atoms with van der Waals surface area (Å²) in [5.74, 6) is -0.196. The first kappa shape index (κ1) is 10.1. The zero-order valence-corrected chi connectivity index (χ0v) is 6.71. The Bertz CT molecular complexity index is 125. The fourth-order valence-corrected chi connectivity index (χ4v) is 0.679. The van der Waals surface area contributed by atoms with Crippen molar-refractivity contribution in [1.29, 1.82) is 0 Å². The summed E-state index contributed by atoms with van der Waals surface area (Å²) in [4.78, 5) is 20.3. The predicted octanol–water partition coefficient (Wildman–Crippen LogP) is 1.49. The Hall–Kier alpha value is -0.930. The molecule has 0 saturated heterocycles. The Morgan fingerprint density at radius 3 is 2.73 bits per heavy atom. The van der Waals surface area contributed by atoms with Crippen molar-refractivity contribution in [3.8, 4) is 0 Å². The zero-order valence-electron chi connectivity index (χ0n) is 6.71. The number of esters is 1. The monoisotopic (exact) mass is 159 g/mol. The van der Waals surface area contributed by atoms with Crippen molar-refractivity contribution in [2.45, 2.75) is 26.2 Å². The molecule has 0 fully saturated rings. The molecule has 0 aromatic heterocycles. The van der Waals surface area contributed by atoms with Gasteiger partial charge in [0, 0.05) is 6.42 Å². The van der Waals surface area contributed by atoms with Crippen LogP contribution in [-0.2, 0) is 9.53 Å². The average molecular weight is 159 g/mol. The van der Waals surface area contributed by atoms with Gasteiger partial charge in [0.05, 0.1) is 13.2 Å². The second-order valence-electron chi connectivity index (χ2n) is 2.11. The summed E-state index contributed by atoms with van der Waals surface area (Å²) < 4.78 is 4.67. The molecule has 0 aliphatic rings. The molecule has 0 N–H and O–H groups in total. The average Bonchev–Trinajstić information content (AvgIpc) is 1.99. The maximum atomic E-state index is 10.7. The standard InChI is InChI=1S/C7H13NO3/c1-2-11-7(9)5-3-4-6-8-10/h2-6H2,1H3. The van der Waals surface area contributed by atoms with Crippen molar-refractivity contribution < 1.29 is 9.53 Å². The van der Waals surface area contributed by atoms with Crippen LogP contribution in [0.15, 0.2) is 5.18 Å². The molecule has 0 spiro atoms. The van der Waals surface area contributed by atoms with Gasteiger partial charge in [0.15, 0.2) is 0 Å². The van der Waals surface area contributed by atoms with Crippen LogP contribution in [0, 0.1) is 4.91 Å². The molecule has 4 nitrogen and oxygen atoms in total. The van der Waals surface area contributed by atoms with Crippen molar-refractivity contribution in [1.82, 2.24) is 0 Å². The summed E-state index contributed by atoms with van der Waals surface area (Å²) in [7, 11) is 0. The van der Waals surface area contributed by atoms with E-state index in [9.17, 15) is 9.70 Å². The van der Waals surface area contributed by atoms with E-state index >= 15 is 0 Å². The Kier molecular flexibility index (Phi) is 6.57. The number of carbonyl (C=O) groups excluding carboxylic acids is 1. The van der Waals surface area contributed by atoms with Crippen LogP contribution in [0.3, 0.4) is 0 Å². The summed E-state index contributed by atoms with van der Waals surface area (Å²) in [6.07, 6.45) is 1.75. The van der Waals surface area contributed by atoms with Crippen LogP contribution in [0.25, 0.3) is 0 Å². The van der Waals surface area contributed by atoms with Crippen LogP contribution in [0.2, 0.25) is 0 Å². The molecule has 11 heavy (non-hydrogen) atoms. The summed E-state index contributed by atoms with van der Waals surface area (Å²) in [5.41, 5.74) is 0. The first-order chi connectivity index (χ1) is 5.31. The van der Waals surface area contributed by atoms with E-state index in [0.29, 0.717) is 32.4 Å². The number of hydrogen-bond donors (Lipinski definition) is 0. The van der Waals surface area contributed by atoms with Gasteiger partial charge in [-0.25, -0.2) is 0 Å². The maximum Gasteiger partial charge on any atom is 0.305 e. The number of carbonyl (C=O) groups is 1. The quantitative estimate of drug-likeness (QED) is 0.335. The highest BCUT2D eigenvalue weighted by Crippen LogP contribution is 1.97. The first-order valence-corrected chi connectivity index (χ1v) is 3.76. The van der Waals surface area contributed by atoms with E-state index in [-0.39, 0.29) is 5.97 Å². The minimum atomic E-state index is -0.196. The number of hydrogen-bond acceptors (Lipinski definition) is 4. The SMILES string of the molecule is CCOC(=O)CCCCN=O. The van der Waals surface area contributed by atoms with E-state index in [0.717, 1.165) is 0 Å². The lowest BCUT2D eigenvalue weighted by atomic mass is 10.2. The fraction of sp³-hybridized carbons (Fsp3) is 0.857. The number of nitrogens with zero attached hydrogens (tertiary/aromatic N) is 1. The van der Waals surface area contributed by atoms with E-state index in [4.69, 9.17) is 0 Å². The van der Waals surface area contributed by atoms with E-state index in [1.54, 1.807) is 6.92 Å². The van der Waals surface area contributed by atoms with Gasteiger partial charge in [0.25, 0.3) is 0 Å². The van der Waals surface area contributed by atoms with Gasteiger partial charge >= 0.3 is 5.97 Å². The molecule has 0 radical (unpaired) electrons. The highest BCUT2D eigenvalue weighted by atomic mass is 16.5. The summed E-state index contributed by atoms with van der Waals surface area (Å²) in [6, 6.07) is 0. The molecule has 0 bridgehead atoms. The molecule has 0 unspecified atom stereocenters. The van der Waals surface area contributed by atoms with Gasteiger partial charge in [-0.05, 0) is 19.8 Å². The lowest BCUT2D eigenvalue weighted by Gasteiger charge is -1.98. The lowest BCUT2D eigenvalue weighted by Crippen LogP contribution is -2.03. The van der Waals surface area contributed by atoms with Crippen LogP contribution < -0.4 is 0 Å². The number of ether oxygens (including phenoxy) is 1. The number of unbranched alkanes of at least 4 members (excludes halogenated alkanes) is 1. The van der Waals surface area contributed by atoms with Gasteiger partial charge in [0.2, 0.25) is 0 Å². The van der Waals surface area contributed by atoms with E-state index in [1.165, 1.54) is 0 Å². The molecule has 0 aromatic carbocycles. The van der Waals surface area contributed by atoms with Crippen molar-refractivity contribution in [2.24, 2.45) is 5.18 Å². The Balaban J connectivity index is 3.10. The molecular formula is C7H13NO3. The van der Waals surface area contributed by atoms with Gasteiger partial charge in [0.1, 0.15) is 0 Å². The van der Waals surface area contributed by atoms with Crippen LogP contribution in [0.1, 0.15) is 26.2 Å². The third-order valence-corrected chi connectivity index (χ3v) is 1.19. The molecule has 0 amide bonds. The maximum absolute atomic E-state index is 10.7. The summed E-state index contributed by atoms with van der Waals surface area (Å²) >= 11 is 0. The Morgan fingerprint density at radius 1 is 1.45 bits per heavy atom. The van der Waals surface area contributed by atoms with Crippen molar-refractivity contribution in [3.05, 3.63) is 4.91 Å². The van der Waals surface area contributed by atoms with Crippen LogP contribution in [0.5, 0.6) is 0 Å². The molecule has 0 heterocycles. The normalized spacial score (nSPS) is 9.18. The van der Waals surface area contributed by atoms with E-state index in [1.807, 2.05) is 0 Å². The number of rotatable bonds is 6. The van der Waals surface area contributed by atoms with Crippen molar-refractivity contribution in [2.75, 3.05) is 13.2 Å². The highest BCUT2D eigenvalue weighted by Gasteiger charge is 1.99. The van der Waals surface area contributed by atoms with Crippen LogP contribution >= 0.6 is 0 Å². The predicted molar refractivity (Wildman–Crippen MR) is 41.1 cm³/mol. The number of nitroso groups, excluding NO2 is 1. The molecule has 0 rings (SSSR count). The molecule has 64 valence electrons. The molecule has 0 aliphatic heterocycles. The smallest absolute Gasteiger partial charge is 0.305 e. The van der Waals surface area contributed by atoms with Gasteiger partial charge < -0.3 is 4.74 Å². The molecule has 0 aliphatic carbocycles. The minimum absolute atomic E-state index is 0.196. The van der Waals surface area contributed by atoms with Crippen molar-refractivity contribution >= 4 is 5.97 Å². The fourth-order valence-electron chi connectivity index (χ4n) is 0.679. The van der Waals surface area contributed by atoms with Crippen LogP contribution in [0.4, 0.5) is 0 Å². The highest BCUT2D eigenvalue weighted by molar-refractivity contribution is 5.69. The third kappa shape index (κ3) is 6.96. The lowest BCUT2D eigenvalue weighted by molar-refractivity contribution is -0.143. The van der Waals surface area contributed by atoms with Gasteiger partial charge in [-0.2, -0.15) is 4.91 Å². The Labute approximate surface area is 65.9 Å². The zero-order chi connectivity index (χ0) is 8.53. The topological polar surface area (TPSA) is 55.7 Å². The second kappa shape index (κ2) is 7.18. The van der Waals surface area contributed by atoms with Gasteiger partial charge in [-0.15, -0.1) is 0 Å². The van der Waals surface area contributed by atoms with Crippen LogP contribution in [-0.4, -0.2) is 19.1 Å². The molecular weight excluding hydrogens is 146 g/mol. The molecule has 4 heteroatoms. The molecule has 0 aromatic rings. The van der Waals surface area contributed by atoms with Gasteiger partial charge in [-0.3, -0.25) is 4.79 Å².